The molecule has 0 bridgehead atoms. The number of thioether (sulfide) groups is 1. The van der Waals surface area contributed by atoms with Gasteiger partial charge in [-0.05, 0) is 64.0 Å². The Morgan fingerprint density at radius 1 is 1.37 bits per heavy atom. The van der Waals surface area contributed by atoms with Crippen LogP contribution in [0.3, 0.4) is 0 Å². The fraction of sp³-hybridized carbons (Fsp3) is 0.571. The molecule has 1 unspecified atom stereocenters. The summed E-state index contributed by atoms with van der Waals surface area (Å²) in [5.74, 6) is 4.95. The molecule has 1 aromatic carbocycles. The van der Waals surface area contributed by atoms with Crippen LogP contribution in [-0.2, 0) is 6.54 Å². The molecule has 1 N–H and O–H groups in total. The molecule has 1 heterocycles. The molecule has 3 nitrogen and oxygen atoms in total. The van der Waals surface area contributed by atoms with E-state index in [1.165, 1.54) is 23.5 Å². The number of rotatable bonds is 6. The maximum atomic E-state index is 5.35. The number of nitrogens with one attached hydrogen (secondary N) is 1. The normalized spacial score (nSPS) is 18.6. The van der Waals surface area contributed by atoms with E-state index in [0.29, 0.717) is 0 Å². The minimum absolute atomic E-state index is 0.749. The first kappa shape index (κ1) is 15.0. The van der Waals surface area contributed by atoms with Crippen LogP contribution in [0, 0.1) is 5.92 Å². The van der Waals surface area contributed by atoms with E-state index in [0.717, 1.165) is 35.0 Å². The molecule has 0 radical (unpaired) electrons. The lowest BCUT2D eigenvalue weighted by molar-refractivity contribution is 0.352. The average Bonchev–Trinajstić information content (AvgIpc) is 2.91. The van der Waals surface area contributed by atoms with Crippen LogP contribution in [0.5, 0.6) is 11.5 Å². The molecule has 2 rings (SSSR count). The van der Waals surface area contributed by atoms with Gasteiger partial charge in [0.25, 0.3) is 0 Å². The second-order valence-corrected chi connectivity index (χ2v) is 6.68. The number of hydrogen-bond donors (Lipinski definition) is 1. The lowest BCUT2D eigenvalue weighted by atomic mass is 10.1. The van der Waals surface area contributed by atoms with Crippen molar-refractivity contribution < 1.29 is 9.47 Å². The molecule has 1 aliphatic rings. The van der Waals surface area contributed by atoms with Crippen molar-refractivity contribution >= 4 is 27.7 Å². The topological polar surface area (TPSA) is 30.5 Å². The van der Waals surface area contributed by atoms with Crippen molar-refractivity contribution in [2.24, 2.45) is 5.92 Å². The van der Waals surface area contributed by atoms with Crippen LogP contribution >= 0.6 is 27.7 Å². The highest BCUT2D eigenvalue weighted by Crippen LogP contribution is 2.36. The molecule has 0 spiro atoms. The van der Waals surface area contributed by atoms with Gasteiger partial charge >= 0.3 is 0 Å². The van der Waals surface area contributed by atoms with E-state index in [1.807, 2.05) is 6.07 Å². The summed E-state index contributed by atoms with van der Waals surface area (Å²) in [5, 5.41) is 3.53. The number of methoxy groups -OCH3 is 2. The van der Waals surface area contributed by atoms with Gasteiger partial charge in [0.2, 0.25) is 0 Å². The quantitative estimate of drug-likeness (QED) is 0.856. The van der Waals surface area contributed by atoms with Crippen LogP contribution < -0.4 is 14.8 Å². The predicted molar refractivity (Wildman–Crippen MR) is 84.4 cm³/mol. The number of benzene rings is 1. The summed E-state index contributed by atoms with van der Waals surface area (Å²) in [7, 11) is 3.32. The number of halogens is 1. The Balaban J connectivity index is 1.94. The predicted octanol–water partition coefficient (Wildman–Crippen LogP) is 3.31. The van der Waals surface area contributed by atoms with E-state index in [-0.39, 0.29) is 0 Å². The largest absolute Gasteiger partial charge is 0.493 e. The van der Waals surface area contributed by atoms with Gasteiger partial charge in [0.1, 0.15) is 0 Å². The first-order valence-electron chi connectivity index (χ1n) is 6.43. The Hall–Kier alpha value is -0.390. The molecule has 0 saturated carbocycles. The SMILES string of the molecule is COc1cc(CNCC2CCSC2)cc(Br)c1OC. The summed E-state index contributed by atoms with van der Waals surface area (Å²) in [6.45, 7) is 1.96. The number of hydrogen-bond acceptors (Lipinski definition) is 4. The average molecular weight is 346 g/mol. The van der Waals surface area contributed by atoms with E-state index in [2.05, 4.69) is 39.1 Å². The highest BCUT2D eigenvalue weighted by atomic mass is 79.9. The molecular formula is C14H20BrNO2S. The fourth-order valence-corrected chi connectivity index (χ4v) is 4.17. The molecular weight excluding hydrogens is 326 g/mol. The summed E-state index contributed by atoms with van der Waals surface area (Å²) < 4.78 is 11.6. The van der Waals surface area contributed by atoms with E-state index in [1.54, 1.807) is 14.2 Å². The minimum atomic E-state index is 0.749. The summed E-state index contributed by atoms with van der Waals surface area (Å²) in [4.78, 5) is 0. The van der Waals surface area contributed by atoms with E-state index >= 15 is 0 Å². The molecule has 5 heteroatoms. The van der Waals surface area contributed by atoms with Crippen molar-refractivity contribution in [1.82, 2.24) is 5.32 Å². The van der Waals surface area contributed by atoms with Gasteiger partial charge in [-0.15, -0.1) is 0 Å². The summed E-state index contributed by atoms with van der Waals surface area (Å²) in [5.41, 5.74) is 1.20. The van der Waals surface area contributed by atoms with E-state index < -0.39 is 0 Å². The standard InChI is InChI=1S/C14H20BrNO2S/c1-17-13-6-11(5-12(15)14(13)18-2)8-16-7-10-3-4-19-9-10/h5-6,10,16H,3-4,7-9H2,1-2H3. The molecule has 106 valence electrons. The monoisotopic (exact) mass is 345 g/mol. The zero-order valence-electron chi connectivity index (χ0n) is 11.4. The maximum absolute atomic E-state index is 5.35. The molecule has 1 fully saturated rings. The van der Waals surface area contributed by atoms with Gasteiger partial charge in [-0.3, -0.25) is 0 Å². The van der Waals surface area contributed by atoms with Crippen LogP contribution in [0.15, 0.2) is 16.6 Å². The summed E-state index contributed by atoms with van der Waals surface area (Å²) in [6, 6.07) is 4.11. The lowest BCUT2D eigenvalue weighted by Gasteiger charge is -2.13. The third-order valence-corrected chi connectivity index (χ3v) is 5.10. The van der Waals surface area contributed by atoms with Crippen LogP contribution in [0.4, 0.5) is 0 Å². The van der Waals surface area contributed by atoms with Crippen molar-refractivity contribution in [2.75, 3.05) is 32.3 Å². The van der Waals surface area contributed by atoms with Gasteiger partial charge in [0, 0.05) is 6.54 Å². The van der Waals surface area contributed by atoms with Crippen LogP contribution in [0.2, 0.25) is 0 Å². The first-order chi connectivity index (χ1) is 9.24. The maximum Gasteiger partial charge on any atom is 0.174 e. The summed E-state index contributed by atoms with van der Waals surface area (Å²) in [6.07, 6.45) is 1.34. The highest BCUT2D eigenvalue weighted by Gasteiger charge is 2.15. The van der Waals surface area contributed by atoms with Crippen molar-refractivity contribution in [1.29, 1.82) is 0 Å². The van der Waals surface area contributed by atoms with Crippen molar-refractivity contribution in [2.45, 2.75) is 13.0 Å². The van der Waals surface area contributed by atoms with Gasteiger partial charge in [-0.2, -0.15) is 11.8 Å². The molecule has 1 saturated heterocycles. The number of ether oxygens (including phenoxy) is 2. The second-order valence-electron chi connectivity index (χ2n) is 4.67. The fourth-order valence-electron chi connectivity index (χ4n) is 2.24. The first-order valence-corrected chi connectivity index (χ1v) is 8.38. The Bertz CT molecular complexity index is 422. The molecule has 0 aromatic heterocycles. The second kappa shape index (κ2) is 7.41. The van der Waals surface area contributed by atoms with Crippen molar-refractivity contribution in [3.05, 3.63) is 22.2 Å². The third kappa shape index (κ3) is 4.04. The van der Waals surface area contributed by atoms with Gasteiger partial charge in [0.15, 0.2) is 11.5 Å². The Morgan fingerprint density at radius 3 is 2.84 bits per heavy atom. The Morgan fingerprint density at radius 2 is 2.21 bits per heavy atom. The molecule has 1 aliphatic heterocycles. The van der Waals surface area contributed by atoms with Crippen molar-refractivity contribution in [3.8, 4) is 11.5 Å². The molecule has 1 aromatic rings. The zero-order valence-corrected chi connectivity index (χ0v) is 13.8. The lowest BCUT2D eigenvalue weighted by Crippen LogP contribution is -2.22. The van der Waals surface area contributed by atoms with Crippen LogP contribution in [0.25, 0.3) is 0 Å². The Labute approximate surface area is 127 Å². The zero-order chi connectivity index (χ0) is 13.7. The van der Waals surface area contributed by atoms with Crippen LogP contribution in [-0.4, -0.2) is 32.3 Å². The van der Waals surface area contributed by atoms with Gasteiger partial charge in [-0.1, -0.05) is 0 Å². The Kier molecular flexibility index (Phi) is 5.85. The van der Waals surface area contributed by atoms with Gasteiger partial charge in [-0.25, -0.2) is 0 Å². The van der Waals surface area contributed by atoms with Crippen LogP contribution in [0.1, 0.15) is 12.0 Å². The minimum Gasteiger partial charge on any atom is -0.493 e. The van der Waals surface area contributed by atoms with Gasteiger partial charge in [0.05, 0.1) is 18.7 Å². The third-order valence-electron chi connectivity index (χ3n) is 3.28. The summed E-state index contributed by atoms with van der Waals surface area (Å²) >= 11 is 5.58. The molecule has 19 heavy (non-hydrogen) atoms. The highest BCUT2D eigenvalue weighted by molar-refractivity contribution is 9.10. The van der Waals surface area contributed by atoms with Gasteiger partial charge < -0.3 is 14.8 Å². The molecule has 0 aliphatic carbocycles. The van der Waals surface area contributed by atoms with E-state index in [9.17, 15) is 0 Å². The smallest absolute Gasteiger partial charge is 0.174 e. The van der Waals surface area contributed by atoms with E-state index in [4.69, 9.17) is 9.47 Å². The molecule has 1 atom stereocenters. The molecule has 0 amide bonds. The van der Waals surface area contributed by atoms with Crippen molar-refractivity contribution in [3.63, 3.8) is 0 Å².